The Labute approximate surface area is 132 Å². The van der Waals surface area contributed by atoms with Gasteiger partial charge in [-0.15, -0.1) is 0 Å². The van der Waals surface area contributed by atoms with E-state index in [0.29, 0.717) is 17.7 Å². The fourth-order valence-corrected chi connectivity index (χ4v) is 3.18. The second-order valence-electron chi connectivity index (χ2n) is 5.66. The lowest BCUT2D eigenvalue weighted by Gasteiger charge is -2.19. The highest BCUT2D eigenvalue weighted by molar-refractivity contribution is 9.12. The molecule has 1 fully saturated rings. The first-order valence-corrected chi connectivity index (χ1v) is 7.67. The molecule has 2 atom stereocenters. The minimum Gasteiger partial charge on any atom is -0.372 e. The summed E-state index contributed by atoms with van der Waals surface area (Å²) in [5.74, 6) is -0.799. The van der Waals surface area contributed by atoms with E-state index in [4.69, 9.17) is 14.2 Å². The Morgan fingerprint density at radius 2 is 1.81 bits per heavy atom. The number of fused-ring (bicyclic) bond motifs is 1. The number of benzene rings is 1. The lowest BCUT2D eigenvalue weighted by atomic mass is 10.1. The summed E-state index contributed by atoms with van der Waals surface area (Å²) in [7, 11) is 0. The van der Waals surface area contributed by atoms with Crippen molar-refractivity contribution in [3.05, 3.63) is 46.0 Å². The molecule has 0 bridgehead atoms. The van der Waals surface area contributed by atoms with Crippen molar-refractivity contribution in [3.63, 3.8) is 0 Å². The van der Waals surface area contributed by atoms with Crippen LogP contribution >= 0.6 is 15.9 Å². The third kappa shape index (κ3) is 2.97. The molecule has 0 radical (unpaired) electrons. The second-order valence-corrected chi connectivity index (χ2v) is 6.45. The van der Waals surface area contributed by atoms with Crippen LogP contribution in [0.4, 0.5) is 0 Å². The van der Waals surface area contributed by atoms with Gasteiger partial charge in [-0.2, -0.15) is 0 Å². The Balaban J connectivity index is 1.66. The molecule has 1 saturated heterocycles. The number of ether oxygens (including phenoxy) is 3. The van der Waals surface area contributed by atoms with Crippen molar-refractivity contribution in [3.8, 4) is 0 Å². The van der Waals surface area contributed by atoms with E-state index in [-0.39, 0.29) is 11.9 Å². The fraction of sp³-hybridized carbons (Fsp3) is 0.438. The van der Waals surface area contributed by atoms with E-state index in [9.17, 15) is 4.79 Å². The maximum Gasteiger partial charge on any atom is 0.201 e. The largest absolute Gasteiger partial charge is 0.372 e. The average Bonchev–Trinajstić information content (AvgIpc) is 2.87. The summed E-state index contributed by atoms with van der Waals surface area (Å²) in [6.07, 6.45) is -0.901. The summed E-state index contributed by atoms with van der Waals surface area (Å²) in [6, 6.07) is 9.92. The minimum absolute atomic E-state index is 0.0658. The first-order valence-electron chi connectivity index (χ1n) is 6.88. The molecule has 1 heterocycles. The van der Waals surface area contributed by atoms with Crippen LogP contribution in [0.2, 0.25) is 0 Å². The number of hydrogen-bond acceptors (Lipinski definition) is 4. The third-order valence-corrected chi connectivity index (χ3v) is 4.47. The van der Waals surface area contributed by atoms with Gasteiger partial charge in [0.25, 0.3) is 0 Å². The van der Waals surface area contributed by atoms with Gasteiger partial charge >= 0.3 is 0 Å². The molecule has 5 heteroatoms. The number of carbonyl (C=O) groups is 1. The second kappa shape index (κ2) is 5.65. The average molecular weight is 353 g/mol. The van der Waals surface area contributed by atoms with Crippen LogP contribution in [0, 0.1) is 0 Å². The van der Waals surface area contributed by atoms with Crippen LogP contribution in [-0.2, 0) is 25.6 Å². The quantitative estimate of drug-likeness (QED) is 0.835. The fourth-order valence-electron chi connectivity index (χ4n) is 2.61. The van der Waals surface area contributed by atoms with E-state index >= 15 is 0 Å². The Kier molecular flexibility index (Phi) is 4.01. The summed E-state index contributed by atoms with van der Waals surface area (Å²) in [6.45, 7) is 4.48. The summed E-state index contributed by atoms with van der Waals surface area (Å²) < 4.78 is 17.7. The number of halogens is 1. The number of rotatable bonds is 4. The van der Waals surface area contributed by atoms with E-state index < -0.39 is 11.9 Å². The summed E-state index contributed by atoms with van der Waals surface area (Å²) in [5, 5.41) is 0. The lowest BCUT2D eigenvalue weighted by Crippen LogP contribution is -2.26. The van der Waals surface area contributed by atoms with Crippen LogP contribution in [-0.4, -0.2) is 30.4 Å². The molecule has 0 aromatic heterocycles. The van der Waals surface area contributed by atoms with Gasteiger partial charge in [0.05, 0.1) is 17.7 Å². The minimum atomic E-state index is -0.733. The zero-order valence-electron chi connectivity index (χ0n) is 12.0. The Hall–Kier alpha value is -1.01. The van der Waals surface area contributed by atoms with Gasteiger partial charge in [-0.3, -0.25) is 4.79 Å². The van der Waals surface area contributed by atoms with Crippen LogP contribution in [0.5, 0.6) is 0 Å². The highest BCUT2D eigenvalue weighted by Gasteiger charge is 2.52. The van der Waals surface area contributed by atoms with Gasteiger partial charge in [-0.1, -0.05) is 30.3 Å². The Morgan fingerprint density at radius 1 is 1.14 bits per heavy atom. The molecule has 1 aliphatic carbocycles. The SMILES string of the molecule is CC1(C)O[C@@H]2C(COCc3ccccc3)=C(Br)C(=O)[C@@H]2O1. The van der Waals surface area contributed by atoms with Crippen molar-refractivity contribution < 1.29 is 19.0 Å². The molecule has 112 valence electrons. The van der Waals surface area contributed by atoms with Crippen molar-refractivity contribution in [1.29, 1.82) is 0 Å². The molecule has 0 N–H and O–H groups in total. The van der Waals surface area contributed by atoms with Crippen LogP contribution in [0.1, 0.15) is 19.4 Å². The van der Waals surface area contributed by atoms with Gasteiger partial charge in [0.15, 0.2) is 11.9 Å². The third-order valence-electron chi connectivity index (χ3n) is 3.57. The Bertz CT molecular complexity index is 579. The molecule has 2 aliphatic rings. The van der Waals surface area contributed by atoms with Crippen molar-refractivity contribution in [2.24, 2.45) is 0 Å². The molecule has 1 aliphatic heterocycles. The van der Waals surface area contributed by atoms with E-state index in [0.717, 1.165) is 11.1 Å². The Morgan fingerprint density at radius 3 is 2.52 bits per heavy atom. The van der Waals surface area contributed by atoms with E-state index in [1.54, 1.807) is 0 Å². The van der Waals surface area contributed by atoms with Gasteiger partial charge in [0.1, 0.15) is 6.10 Å². The molecule has 0 amide bonds. The highest BCUT2D eigenvalue weighted by atomic mass is 79.9. The van der Waals surface area contributed by atoms with Crippen LogP contribution in [0.15, 0.2) is 40.4 Å². The smallest absolute Gasteiger partial charge is 0.201 e. The summed E-state index contributed by atoms with van der Waals surface area (Å²) in [4.78, 5) is 12.2. The van der Waals surface area contributed by atoms with Crippen molar-refractivity contribution in [1.82, 2.24) is 0 Å². The number of ketones is 1. The van der Waals surface area contributed by atoms with Gasteiger partial charge in [0.2, 0.25) is 5.78 Å². The van der Waals surface area contributed by atoms with Crippen LogP contribution < -0.4 is 0 Å². The van der Waals surface area contributed by atoms with Gasteiger partial charge in [-0.25, -0.2) is 0 Å². The molecule has 0 spiro atoms. The zero-order valence-corrected chi connectivity index (χ0v) is 13.6. The van der Waals surface area contributed by atoms with Crippen molar-refractivity contribution in [2.45, 2.75) is 38.4 Å². The van der Waals surface area contributed by atoms with E-state index in [1.165, 1.54) is 0 Å². The molecular formula is C16H17BrO4. The van der Waals surface area contributed by atoms with Crippen LogP contribution in [0.3, 0.4) is 0 Å². The van der Waals surface area contributed by atoms with Gasteiger partial charge in [0, 0.05) is 5.57 Å². The van der Waals surface area contributed by atoms with Gasteiger partial charge < -0.3 is 14.2 Å². The summed E-state index contributed by atoms with van der Waals surface area (Å²) >= 11 is 3.34. The maximum absolute atomic E-state index is 12.2. The molecule has 3 rings (SSSR count). The highest BCUT2D eigenvalue weighted by Crippen LogP contribution is 2.41. The monoisotopic (exact) mass is 352 g/mol. The molecule has 1 aromatic carbocycles. The standard InChI is InChI=1S/C16H17BrO4/c1-16(2)20-14-11(12(17)13(18)15(14)21-16)9-19-8-10-6-4-3-5-7-10/h3-7,14-15H,8-9H2,1-2H3/t14-,15+/m1/s1. The number of Topliss-reactive ketones (excluding diaryl/α,β-unsaturated/α-hetero) is 1. The predicted molar refractivity (Wildman–Crippen MR) is 80.9 cm³/mol. The molecule has 0 saturated carbocycles. The van der Waals surface area contributed by atoms with Crippen molar-refractivity contribution >= 4 is 21.7 Å². The topological polar surface area (TPSA) is 44.8 Å². The first-order chi connectivity index (χ1) is 9.98. The zero-order chi connectivity index (χ0) is 15.0. The lowest BCUT2D eigenvalue weighted by molar-refractivity contribution is -0.153. The number of hydrogen-bond donors (Lipinski definition) is 0. The van der Waals surface area contributed by atoms with Crippen molar-refractivity contribution in [2.75, 3.05) is 6.61 Å². The normalized spacial score (nSPS) is 27.3. The first kappa shape index (κ1) is 14.9. The molecule has 4 nitrogen and oxygen atoms in total. The van der Waals surface area contributed by atoms with E-state index in [1.807, 2.05) is 44.2 Å². The predicted octanol–water partition coefficient (Wildman–Crippen LogP) is 2.96. The summed E-state index contributed by atoms with van der Waals surface area (Å²) in [5.41, 5.74) is 1.92. The number of carbonyl (C=O) groups excluding carboxylic acids is 1. The molecule has 0 unspecified atom stereocenters. The van der Waals surface area contributed by atoms with Crippen LogP contribution in [0.25, 0.3) is 0 Å². The maximum atomic E-state index is 12.2. The molecule has 1 aromatic rings. The molecular weight excluding hydrogens is 336 g/mol. The molecule has 21 heavy (non-hydrogen) atoms. The van der Waals surface area contributed by atoms with Gasteiger partial charge in [-0.05, 0) is 35.3 Å². The van der Waals surface area contributed by atoms with E-state index in [2.05, 4.69) is 15.9 Å².